The molecule has 6 nitrogen and oxygen atoms in total. The fraction of sp³-hybridized carbons (Fsp3) is 0.0513. The van der Waals surface area contributed by atoms with Gasteiger partial charge in [-0.1, -0.05) is 116 Å². The Bertz CT molecular complexity index is 1740. The van der Waals surface area contributed by atoms with Crippen LogP contribution in [0.25, 0.3) is 40.2 Å². The van der Waals surface area contributed by atoms with E-state index in [0.717, 1.165) is 62.9 Å². The van der Waals surface area contributed by atoms with Crippen LogP contribution in [0.3, 0.4) is 0 Å². The first-order valence-corrected chi connectivity index (χ1v) is 15.8. The van der Waals surface area contributed by atoms with Gasteiger partial charge in [0, 0.05) is 11.1 Å². The maximum Gasteiger partial charge on any atom is 0.361 e. The Morgan fingerprint density at radius 1 is 0.609 bits per heavy atom. The Kier molecular flexibility index (Phi) is 10.7. The summed E-state index contributed by atoms with van der Waals surface area (Å²) in [5, 5.41) is 0. The van der Waals surface area contributed by atoms with Crippen molar-refractivity contribution in [1.29, 1.82) is 0 Å². The normalized spacial score (nSPS) is 13.1. The SMILES string of the molecule is CCC(C=C1C=C(c2ccccc2)OC(c2ccccc2)=C1)=Cc1cc(-c2ccccc2)[o+]c(-c2ccccc2)c1.[O-][Cl+3]([O-])([O-])[O-]. The molecule has 4 aromatic carbocycles. The topological polar surface area (TPSA) is 113 Å². The molecule has 1 aliphatic heterocycles. The molecule has 0 radical (unpaired) electrons. The molecule has 46 heavy (non-hydrogen) atoms. The van der Waals surface area contributed by atoms with E-state index in [1.807, 2.05) is 72.8 Å². The maximum absolute atomic E-state index is 8.49. The number of rotatable bonds is 7. The Morgan fingerprint density at radius 3 is 1.35 bits per heavy atom. The number of benzene rings is 4. The summed E-state index contributed by atoms with van der Waals surface area (Å²) in [4.78, 5) is 0. The van der Waals surface area contributed by atoms with Crippen LogP contribution in [-0.2, 0) is 4.74 Å². The van der Waals surface area contributed by atoms with Crippen LogP contribution in [0.15, 0.2) is 167 Å². The zero-order chi connectivity index (χ0) is 32.4. The van der Waals surface area contributed by atoms with Crippen LogP contribution >= 0.6 is 0 Å². The lowest BCUT2D eigenvalue weighted by molar-refractivity contribution is -2.00. The smallest absolute Gasteiger partial charge is 0.361 e. The number of hydrogen-bond donors (Lipinski definition) is 0. The Morgan fingerprint density at radius 2 is 0.978 bits per heavy atom. The molecule has 0 fully saturated rings. The summed E-state index contributed by atoms with van der Waals surface area (Å²) in [5.41, 5.74) is 7.58. The quantitative estimate of drug-likeness (QED) is 0.205. The van der Waals surface area contributed by atoms with E-state index in [2.05, 4.69) is 91.9 Å². The largest absolute Gasteiger partial charge is 0.456 e. The van der Waals surface area contributed by atoms with Gasteiger partial charge in [-0.25, -0.2) is 23.1 Å². The predicted octanol–water partition coefficient (Wildman–Crippen LogP) is 5.97. The van der Waals surface area contributed by atoms with E-state index in [4.69, 9.17) is 27.8 Å². The van der Waals surface area contributed by atoms with Crippen LogP contribution in [-0.4, -0.2) is 0 Å². The molecule has 0 saturated heterocycles. The van der Waals surface area contributed by atoms with E-state index in [1.54, 1.807) is 0 Å². The van der Waals surface area contributed by atoms with Gasteiger partial charge < -0.3 is 4.74 Å². The van der Waals surface area contributed by atoms with Crippen molar-refractivity contribution in [3.8, 4) is 22.6 Å². The summed E-state index contributed by atoms with van der Waals surface area (Å²) in [5.74, 6) is 3.35. The molecule has 0 atom stereocenters. The third kappa shape index (κ3) is 9.46. The van der Waals surface area contributed by atoms with Gasteiger partial charge in [0.1, 0.15) is 11.5 Å². The lowest BCUT2D eigenvalue weighted by Gasteiger charge is -2.19. The van der Waals surface area contributed by atoms with Gasteiger partial charge in [0.15, 0.2) is 0 Å². The molecule has 0 unspecified atom stereocenters. The molecule has 5 aromatic rings. The molecule has 0 N–H and O–H groups in total. The average molecular weight is 631 g/mol. The third-order valence-electron chi connectivity index (χ3n) is 6.98. The number of ether oxygens (including phenoxy) is 1. The highest BCUT2D eigenvalue weighted by atomic mass is 35.7. The lowest BCUT2D eigenvalue weighted by atomic mass is 10.00. The summed E-state index contributed by atoms with van der Waals surface area (Å²) in [6.07, 6.45) is 9.62. The van der Waals surface area contributed by atoms with Crippen molar-refractivity contribution in [2.24, 2.45) is 0 Å². The first kappa shape index (κ1) is 32.3. The third-order valence-corrected chi connectivity index (χ3v) is 6.98. The van der Waals surface area contributed by atoms with Crippen molar-refractivity contribution in [3.63, 3.8) is 0 Å². The van der Waals surface area contributed by atoms with Gasteiger partial charge >= 0.3 is 11.5 Å². The molecule has 1 aliphatic rings. The van der Waals surface area contributed by atoms with Crippen LogP contribution in [0.4, 0.5) is 0 Å². The highest BCUT2D eigenvalue weighted by Gasteiger charge is 2.20. The molecule has 0 spiro atoms. The molecular formula is C39H31ClO6. The van der Waals surface area contributed by atoms with Crippen molar-refractivity contribution < 1.29 is 38.0 Å². The molecule has 0 saturated carbocycles. The second kappa shape index (κ2) is 15.3. The molecule has 2 heterocycles. The van der Waals surface area contributed by atoms with Gasteiger partial charge in [0.25, 0.3) is 0 Å². The van der Waals surface area contributed by atoms with E-state index in [-0.39, 0.29) is 0 Å². The fourth-order valence-corrected chi connectivity index (χ4v) is 4.86. The second-order valence-electron chi connectivity index (χ2n) is 10.3. The number of hydrogen-bond acceptors (Lipinski definition) is 5. The molecule has 0 amide bonds. The van der Waals surface area contributed by atoms with E-state index >= 15 is 0 Å². The first-order chi connectivity index (χ1) is 22.2. The summed E-state index contributed by atoms with van der Waals surface area (Å²) in [7, 11) is -4.94. The van der Waals surface area contributed by atoms with Gasteiger partial charge in [-0.15, -0.1) is 10.2 Å². The first-order valence-electron chi connectivity index (χ1n) is 14.6. The van der Waals surface area contributed by atoms with Crippen LogP contribution in [0.1, 0.15) is 30.0 Å². The van der Waals surface area contributed by atoms with E-state index in [1.165, 1.54) is 5.57 Å². The van der Waals surface area contributed by atoms with Crippen LogP contribution in [0.2, 0.25) is 0 Å². The maximum atomic E-state index is 8.49. The minimum absolute atomic E-state index is 0.838. The van der Waals surface area contributed by atoms with E-state index in [0.29, 0.717) is 0 Å². The van der Waals surface area contributed by atoms with Gasteiger partial charge in [0.05, 0.1) is 23.3 Å². The van der Waals surface area contributed by atoms with Gasteiger partial charge in [-0.2, -0.15) is 0 Å². The van der Waals surface area contributed by atoms with Crippen molar-refractivity contribution in [2.45, 2.75) is 13.3 Å². The van der Waals surface area contributed by atoms with Crippen molar-refractivity contribution >= 4 is 17.6 Å². The monoisotopic (exact) mass is 630 g/mol. The van der Waals surface area contributed by atoms with Crippen molar-refractivity contribution in [3.05, 3.63) is 180 Å². The van der Waals surface area contributed by atoms with E-state index in [9.17, 15) is 0 Å². The summed E-state index contributed by atoms with van der Waals surface area (Å²) in [6.45, 7) is 2.19. The zero-order valence-corrected chi connectivity index (χ0v) is 25.8. The van der Waals surface area contributed by atoms with Gasteiger partial charge in [0.2, 0.25) is 0 Å². The van der Waals surface area contributed by atoms with Crippen molar-refractivity contribution in [2.75, 3.05) is 0 Å². The van der Waals surface area contributed by atoms with Crippen LogP contribution in [0, 0.1) is 10.2 Å². The zero-order valence-electron chi connectivity index (χ0n) is 25.0. The predicted molar refractivity (Wildman–Crippen MR) is 170 cm³/mol. The van der Waals surface area contributed by atoms with Gasteiger partial charge in [-0.05, 0) is 59.5 Å². The minimum atomic E-state index is -4.94. The Labute approximate surface area is 270 Å². The highest BCUT2D eigenvalue weighted by Crippen LogP contribution is 2.34. The van der Waals surface area contributed by atoms with Crippen LogP contribution < -0.4 is 18.6 Å². The molecule has 7 heteroatoms. The Hall–Kier alpha value is -5.08. The van der Waals surface area contributed by atoms with Crippen molar-refractivity contribution in [1.82, 2.24) is 0 Å². The molecule has 0 bridgehead atoms. The van der Waals surface area contributed by atoms with Gasteiger partial charge in [-0.3, -0.25) is 0 Å². The minimum Gasteiger partial charge on any atom is -0.456 e. The second-order valence-corrected chi connectivity index (χ2v) is 11.1. The standard InChI is InChI=1S/C39H31O2.ClHO4/c1-2-29(23-30-25-36(32-15-7-3-8-16-32)40-37(26-30)33-17-9-4-10-18-33)24-31-27-38(34-19-11-5-12-20-34)41-39(28-31)35-21-13-6-14-22-35;2-1(3,4)5/h3-28H,2H2,1H3;(H,2,3,4,5)/q+1;/p-1. The van der Waals surface area contributed by atoms with E-state index < -0.39 is 10.2 Å². The number of allylic oxidation sites excluding steroid dienone is 5. The molecular weight excluding hydrogens is 600 g/mol. The molecule has 0 aliphatic carbocycles. The Balaban J connectivity index is 0.000000775. The molecule has 1 aromatic heterocycles. The average Bonchev–Trinajstić information content (AvgIpc) is 3.08. The summed E-state index contributed by atoms with van der Waals surface area (Å²) in [6, 6.07) is 45.3. The lowest BCUT2D eigenvalue weighted by Crippen LogP contribution is -2.68. The number of halogens is 1. The van der Waals surface area contributed by atoms with Crippen LogP contribution in [0.5, 0.6) is 0 Å². The summed E-state index contributed by atoms with van der Waals surface area (Å²) < 4.78 is 46.8. The fourth-order valence-electron chi connectivity index (χ4n) is 4.86. The highest BCUT2D eigenvalue weighted by molar-refractivity contribution is 5.78. The molecule has 230 valence electrons. The molecule has 6 rings (SSSR count). The summed E-state index contributed by atoms with van der Waals surface area (Å²) >= 11 is 0.